The van der Waals surface area contributed by atoms with Crippen molar-refractivity contribution in [2.24, 2.45) is 18.9 Å². The minimum atomic E-state index is 0.222. The van der Waals surface area contributed by atoms with Gasteiger partial charge in [-0.05, 0) is 31.2 Å². The molecule has 14 heavy (non-hydrogen) atoms. The number of carbonyl (C=O) groups is 1. The summed E-state index contributed by atoms with van der Waals surface area (Å²) in [7, 11) is 1.84. The fourth-order valence-corrected chi connectivity index (χ4v) is 2.20. The summed E-state index contributed by atoms with van der Waals surface area (Å²) in [6, 6.07) is 1.81. The van der Waals surface area contributed by atoms with E-state index in [1.807, 2.05) is 19.3 Å². The number of Topliss-reactive ketones (excluding diaryl/α,β-unsaturated/α-hetero) is 1. The van der Waals surface area contributed by atoms with Gasteiger partial charge in [0.15, 0.2) is 5.78 Å². The molecule has 0 bridgehead atoms. The second-order valence-corrected chi connectivity index (χ2v) is 4.35. The first-order valence-corrected chi connectivity index (χ1v) is 5.20. The average molecular weight is 192 g/mol. The second kappa shape index (κ2) is 3.56. The molecule has 0 aliphatic heterocycles. The molecule has 2 atom stereocenters. The summed E-state index contributed by atoms with van der Waals surface area (Å²) in [6.07, 6.45) is 5.08. The Hall–Kier alpha value is -1.12. The Morgan fingerprint density at radius 1 is 1.57 bits per heavy atom. The quantitative estimate of drug-likeness (QED) is 0.672. The number of aromatic nitrogens is 2. The number of ketones is 1. The lowest BCUT2D eigenvalue weighted by atomic mass is 9.99. The largest absolute Gasteiger partial charge is 0.292 e. The molecule has 1 aromatic heterocycles. The van der Waals surface area contributed by atoms with Crippen molar-refractivity contribution < 1.29 is 4.79 Å². The van der Waals surface area contributed by atoms with E-state index >= 15 is 0 Å². The third-order valence-electron chi connectivity index (χ3n) is 3.03. The molecule has 2 unspecified atom stereocenters. The summed E-state index contributed by atoms with van der Waals surface area (Å²) >= 11 is 0. The van der Waals surface area contributed by atoms with Gasteiger partial charge in [-0.3, -0.25) is 9.48 Å². The molecule has 1 aromatic rings. The van der Waals surface area contributed by atoms with Crippen LogP contribution < -0.4 is 0 Å². The molecule has 0 radical (unpaired) electrons. The Labute approximate surface area is 84.1 Å². The third kappa shape index (κ3) is 1.72. The van der Waals surface area contributed by atoms with Crippen molar-refractivity contribution in [2.45, 2.75) is 26.2 Å². The number of hydrogen-bond acceptors (Lipinski definition) is 2. The van der Waals surface area contributed by atoms with Gasteiger partial charge in [0.2, 0.25) is 0 Å². The summed E-state index contributed by atoms with van der Waals surface area (Å²) < 4.78 is 1.69. The highest BCUT2D eigenvalue weighted by molar-refractivity contribution is 5.96. The van der Waals surface area contributed by atoms with E-state index in [4.69, 9.17) is 0 Å². The maximum Gasteiger partial charge on any atom is 0.186 e. The van der Waals surface area contributed by atoms with Crippen LogP contribution in [0.2, 0.25) is 0 Å². The molecule has 76 valence electrons. The van der Waals surface area contributed by atoms with Crippen LogP contribution in [0.1, 0.15) is 36.7 Å². The van der Waals surface area contributed by atoms with E-state index in [9.17, 15) is 4.79 Å². The zero-order valence-corrected chi connectivity index (χ0v) is 8.73. The zero-order valence-electron chi connectivity index (χ0n) is 8.73. The number of rotatable bonds is 2. The van der Waals surface area contributed by atoms with E-state index in [0.717, 1.165) is 12.8 Å². The van der Waals surface area contributed by atoms with Crippen LogP contribution in [0.3, 0.4) is 0 Å². The van der Waals surface area contributed by atoms with E-state index in [1.165, 1.54) is 6.42 Å². The van der Waals surface area contributed by atoms with Crippen LogP contribution in [0.25, 0.3) is 0 Å². The zero-order chi connectivity index (χ0) is 10.1. The van der Waals surface area contributed by atoms with Gasteiger partial charge < -0.3 is 0 Å². The van der Waals surface area contributed by atoms with E-state index in [1.54, 1.807) is 4.68 Å². The van der Waals surface area contributed by atoms with Crippen molar-refractivity contribution in [3.63, 3.8) is 0 Å². The SMILES string of the molecule is CC1CCC(C(=O)c2ccn(C)n2)C1. The lowest BCUT2D eigenvalue weighted by Gasteiger charge is -2.05. The lowest BCUT2D eigenvalue weighted by molar-refractivity contribution is 0.0914. The highest BCUT2D eigenvalue weighted by Crippen LogP contribution is 2.32. The first-order valence-electron chi connectivity index (χ1n) is 5.20. The maximum absolute atomic E-state index is 11.9. The summed E-state index contributed by atoms with van der Waals surface area (Å²) in [4.78, 5) is 11.9. The highest BCUT2D eigenvalue weighted by Gasteiger charge is 2.29. The Kier molecular flexibility index (Phi) is 2.40. The number of aryl methyl sites for hydroxylation is 1. The first-order chi connectivity index (χ1) is 6.66. The maximum atomic E-state index is 11.9. The molecule has 0 saturated heterocycles. The van der Waals surface area contributed by atoms with Crippen molar-refractivity contribution in [1.29, 1.82) is 0 Å². The Morgan fingerprint density at radius 3 is 2.86 bits per heavy atom. The monoisotopic (exact) mass is 192 g/mol. The number of carbonyl (C=O) groups excluding carboxylic acids is 1. The molecule has 1 saturated carbocycles. The van der Waals surface area contributed by atoms with Gasteiger partial charge in [0.25, 0.3) is 0 Å². The smallest absolute Gasteiger partial charge is 0.186 e. The third-order valence-corrected chi connectivity index (χ3v) is 3.03. The van der Waals surface area contributed by atoms with Crippen LogP contribution >= 0.6 is 0 Å². The molecule has 1 aliphatic rings. The predicted molar refractivity (Wildman–Crippen MR) is 54.0 cm³/mol. The normalized spacial score (nSPS) is 26.7. The van der Waals surface area contributed by atoms with Crippen LogP contribution in [0.4, 0.5) is 0 Å². The Morgan fingerprint density at radius 2 is 2.36 bits per heavy atom. The summed E-state index contributed by atoms with van der Waals surface area (Å²) in [5.41, 5.74) is 0.631. The van der Waals surface area contributed by atoms with E-state index < -0.39 is 0 Å². The molecule has 0 N–H and O–H groups in total. The summed E-state index contributed by atoms with van der Waals surface area (Å²) in [5.74, 6) is 1.16. The molecular formula is C11H16N2O. The molecule has 0 spiro atoms. The first kappa shape index (κ1) is 9.44. The standard InChI is InChI=1S/C11H16N2O/c1-8-3-4-9(7-8)11(14)10-5-6-13(2)12-10/h5-6,8-9H,3-4,7H2,1-2H3. The van der Waals surface area contributed by atoms with Crippen LogP contribution in [0, 0.1) is 11.8 Å². The van der Waals surface area contributed by atoms with Crippen LogP contribution in [0.5, 0.6) is 0 Å². The van der Waals surface area contributed by atoms with Crippen LogP contribution in [-0.4, -0.2) is 15.6 Å². The molecule has 1 fully saturated rings. The van der Waals surface area contributed by atoms with Crippen LogP contribution in [-0.2, 0) is 7.05 Å². The Balaban J connectivity index is 2.09. The molecular weight excluding hydrogens is 176 g/mol. The molecule has 3 nitrogen and oxygen atoms in total. The molecule has 1 aliphatic carbocycles. The lowest BCUT2D eigenvalue weighted by Crippen LogP contribution is -2.12. The van der Waals surface area contributed by atoms with Crippen molar-refractivity contribution in [3.05, 3.63) is 18.0 Å². The van der Waals surface area contributed by atoms with Gasteiger partial charge in [-0.25, -0.2) is 0 Å². The second-order valence-electron chi connectivity index (χ2n) is 4.35. The molecule has 1 heterocycles. The van der Waals surface area contributed by atoms with E-state index in [0.29, 0.717) is 11.6 Å². The predicted octanol–water partition coefficient (Wildman–Crippen LogP) is 2.04. The average Bonchev–Trinajstić information content (AvgIpc) is 2.73. The van der Waals surface area contributed by atoms with Crippen molar-refractivity contribution in [2.75, 3.05) is 0 Å². The van der Waals surface area contributed by atoms with E-state index in [-0.39, 0.29) is 11.7 Å². The van der Waals surface area contributed by atoms with Crippen LogP contribution in [0.15, 0.2) is 12.3 Å². The highest BCUT2D eigenvalue weighted by atomic mass is 16.1. The van der Waals surface area contributed by atoms with Gasteiger partial charge in [0.05, 0.1) is 0 Å². The van der Waals surface area contributed by atoms with Crippen molar-refractivity contribution in [3.8, 4) is 0 Å². The fourth-order valence-electron chi connectivity index (χ4n) is 2.20. The summed E-state index contributed by atoms with van der Waals surface area (Å²) in [5, 5.41) is 4.15. The molecule has 2 rings (SSSR count). The minimum absolute atomic E-state index is 0.222. The molecule has 0 aromatic carbocycles. The van der Waals surface area contributed by atoms with Crippen molar-refractivity contribution >= 4 is 5.78 Å². The van der Waals surface area contributed by atoms with Gasteiger partial charge >= 0.3 is 0 Å². The van der Waals surface area contributed by atoms with Gasteiger partial charge in [-0.1, -0.05) is 6.92 Å². The van der Waals surface area contributed by atoms with E-state index in [2.05, 4.69) is 12.0 Å². The van der Waals surface area contributed by atoms with Gasteiger partial charge in [-0.15, -0.1) is 0 Å². The number of nitrogens with zero attached hydrogens (tertiary/aromatic N) is 2. The Bertz CT molecular complexity index is 343. The molecule has 0 amide bonds. The minimum Gasteiger partial charge on any atom is -0.292 e. The molecule has 3 heteroatoms. The summed E-state index contributed by atoms with van der Waals surface area (Å²) in [6.45, 7) is 2.21. The van der Waals surface area contributed by atoms with Gasteiger partial charge in [-0.2, -0.15) is 5.10 Å². The van der Waals surface area contributed by atoms with Gasteiger partial charge in [0, 0.05) is 19.2 Å². The fraction of sp³-hybridized carbons (Fsp3) is 0.636. The topological polar surface area (TPSA) is 34.9 Å². The number of hydrogen-bond donors (Lipinski definition) is 0. The van der Waals surface area contributed by atoms with Gasteiger partial charge in [0.1, 0.15) is 5.69 Å². The van der Waals surface area contributed by atoms with Crippen molar-refractivity contribution in [1.82, 2.24) is 9.78 Å².